The zero-order valence-corrected chi connectivity index (χ0v) is 21.5. The van der Waals surface area contributed by atoms with Gasteiger partial charge in [0.15, 0.2) is 0 Å². The smallest absolute Gasteiger partial charge is 0.244 e. The van der Waals surface area contributed by atoms with Gasteiger partial charge in [0.05, 0.1) is 17.0 Å². The van der Waals surface area contributed by atoms with Gasteiger partial charge in [-0.15, -0.1) is 0 Å². The second-order valence-electron chi connectivity index (χ2n) is 7.69. The van der Waals surface area contributed by atoms with E-state index in [2.05, 4.69) is 5.32 Å². The number of nitrogens with one attached hydrogen (secondary N) is 1. The largest absolute Gasteiger partial charge is 0.355 e. The minimum Gasteiger partial charge on any atom is -0.355 e. The topological polar surface area (TPSA) is 86.8 Å². The Morgan fingerprint density at radius 3 is 2.36 bits per heavy atom. The molecule has 0 saturated heterocycles. The number of rotatable bonds is 10. The lowest BCUT2D eigenvalue weighted by Crippen LogP contribution is -2.52. The van der Waals surface area contributed by atoms with Gasteiger partial charge in [0.2, 0.25) is 21.8 Å². The van der Waals surface area contributed by atoms with Gasteiger partial charge in [-0.05, 0) is 44.0 Å². The first-order chi connectivity index (χ1) is 15.5. The number of anilines is 1. The Morgan fingerprint density at radius 1 is 1.09 bits per heavy atom. The second-order valence-corrected chi connectivity index (χ2v) is 10.4. The first-order valence-corrected chi connectivity index (χ1v) is 13.1. The number of likely N-dealkylation sites (N-methyl/N-ethyl adjacent to an activating group) is 1. The van der Waals surface area contributed by atoms with Gasteiger partial charge in [0.25, 0.3) is 0 Å². The monoisotopic (exact) mass is 513 g/mol. The van der Waals surface area contributed by atoms with Gasteiger partial charge in [-0.3, -0.25) is 13.9 Å². The predicted octanol–water partition coefficient (Wildman–Crippen LogP) is 4.01. The molecule has 2 aromatic carbocycles. The Bertz CT molecular complexity index is 1110. The molecule has 0 heterocycles. The number of nitrogens with zero attached hydrogens (tertiary/aromatic N) is 2. The fraction of sp³-hybridized carbons (Fsp3) is 0.391. The van der Waals surface area contributed by atoms with E-state index in [1.165, 1.54) is 23.1 Å². The molecule has 2 rings (SSSR count). The van der Waals surface area contributed by atoms with Crippen molar-refractivity contribution in [3.05, 3.63) is 63.6 Å². The lowest BCUT2D eigenvalue weighted by atomic mass is 10.1. The molecule has 2 aromatic rings. The summed E-state index contributed by atoms with van der Waals surface area (Å²) >= 11 is 12.3. The normalized spacial score (nSPS) is 12.2. The van der Waals surface area contributed by atoms with Crippen LogP contribution in [0.25, 0.3) is 0 Å². The van der Waals surface area contributed by atoms with E-state index in [9.17, 15) is 18.0 Å². The summed E-state index contributed by atoms with van der Waals surface area (Å²) in [5.74, 6) is -0.830. The van der Waals surface area contributed by atoms with Crippen LogP contribution in [0, 0.1) is 6.92 Å². The average molecular weight is 514 g/mol. The Kier molecular flexibility index (Phi) is 9.57. The highest BCUT2D eigenvalue weighted by Gasteiger charge is 2.32. The third-order valence-corrected chi connectivity index (χ3v) is 6.71. The van der Waals surface area contributed by atoms with Gasteiger partial charge < -0.3 is 10.2 Å². The predicted molar refractivity (Wildman–Crippen MR) is 133 cm³/mol. The molecule has 2 amide bonds. The average Bonchev–Trinajstić information content (AvgIpc) is 2.73. The Labute approximate surface area is 205 Å². The summed E-state index contributed by atoms with van der Waals surface area (Å²) in [6.07, 6.45) is 1.35. The summed E-state index contributed by atoms with van der Waals surface area (Å²) in [7, 11) is -3.89. The molecule has 0 spiro atoms. The van der Waals surface area contributed by atoms with Crippen molar-refractivity contribution in [1.29, 1.82) is 0 Å². The molecule has 0 aliphatic heterocycles. The van der Waals surface area contributed by atoms with Crippen LogP contribution in [-0.4, -0.2) is 50.5 Å². The van der Waals surface area contributed by atoms with Gasteiger partial charge in [-0.2, -0.15) is 0 Å². The van der Waals surface area contributed by atoms with Gasteiger partial charge >= 0.3 is 0 Å². The number of halogens is 2. The molecule has 180 valence electrons. The van der Waals surface area contributed by atoms with E-state index >= 15 is 0 Å². The van der Waals surface area contributed by atoms with E-state index in [0.29, 0.717) is 13.0 Å². The maximum Gasteiger partial charge on any atom is 0.244 e. The van der Waals surface area contributed by atoms with Crippen LogP contribution in [0.15, 0.2) is 42.5 Å². The lowest BCUT2D eigenvalue weighted by Gasteiger charge is -2.33. The van der Waals surface area contributed by atoms with E-state index < -0.39 is 28.5 Å². The molecule has 33 heavy (non-hydrogen) atoms. The fourth-order valence-corrected chi connectivity index (χ4v) is 4.78. The maximum absolute atomic E-state index is 13.5. The number of carbonyl (C=O) groups is 2. The summed E-state index contributed by atoms with van der Waals surface area (Å²) in [6, 6.07) is 11.2. The van der Waals surface area contributed by atoms with Crippen LogP contribution in [0.5, 0.6) is 0 Å². The van der Waals surface area contributed by atoms with E-state index in [1.54, 1.807) is 13.8 Å². The number of hydrogen-bond donors (Lipinski definition) is 1. The second kappa shape index (κ2) is 11.7. The van der Waals surface area contributed by atoms with Crippen molar-refractivity contribution in [3.63, 3.8) is 0 Å². The number of aryl methyl sites for hydroxylation is 1. The van der Waals surface area contributed by atoms with Gasteiger partial charge in [-0.1, -0.05) is 60.0 Å². The van der Waals surface area contributed by atoms with Gasteiger partial charge in [-0.25, -0.2) is 8.42 Å². The minimum absolute atomic E-state index is 0.0987. The first kappa shape index (κ1) is 27.0. The quantitative estimate of drug-likeness (QED) is 0.519. The molecule has 0 unspecified atom stereocenters. The van der Waals surface area contributed by atoms with Gasteiger partial charge in [0.1, 0.15) is 12.6 Å². The highest BCUT2D eigenvalue weighted by molar-refractivity contribution is 7.92. The molecule has 0 aliphatic carbocycles. The summed E-state index contributed by atoms with van der Waals surface area (Å²) < 4.78 is 26.1. The lowest BCUT2D eigenvalue weighted by molar-refractivity contribution is -0.140. The van der Waals surface area contributed by atoms with Crippen molar-refractivity contribution in [2.24, 2.45) is 0 Å². The third-order valence-electron chi connectivity index (χ3n) is 5.03. The van der Waals surface area contributed by atoms with Crippen LogP contribution in [-0.2, 0) is 26.2 Å². The molecule has 0 radical (unpaired) electrons. The molecule has 0 saturated carbocycles. The number of sulfonamides is 1. The van der Waals surface area contributed by atoms with Crippen LogP contribution in [0.1, 0.15) is 31.4 Å². The van der Waals surface area contributed by atoms with Crippen LogP contribution >= 0.6 is 23.2 Å². The Hall–Kier alpha value is -2.29. The van der Waals surface area contributed by atoms with Crippen LogP contribution in [0.4, 0.5) is 5.69 Å². The van der Waals surface area contributed by atoms with Crippen LogP contribution in [0.3, 0.4) is 0 Å². The van der Waals surface area contributed by atoms with Crippen molar-refractivity contribution in [2.45, 2.75) is 39.8 Å². The Balaban J connectivity index is 2.48. The van der Waals surface area contributed by atoms with Crippen molar-refractivity contribution < 1.29 is 18.0 Å². The fourth-order valence-electron chi connectivity index (χ4n) is 3.49. The Morgan fingerprint density at radius 2 is 1.79 bits per heavy atom. The van der Waals surface area contributed by atoms with Crippen molar-refractivity contribution >= 4 is 50.7 Å². The molecule has 0 aliphatic rings. The van der Waals surface area contributed by atoms with Gasteiger partial charge in [0, 0.05) is 18.1 Å². The highest BCUT2D eigenvalue weighted by atomic mass is 35.5. The van der Waals surface area contributed by atoms with Crippen molar-refractivity contribution in [2.75, 3.05) is 23.7 Å². The van der Waals surface area contributed by atoms with E-state index in [0.717, 1.165) is 21.7 Å². The number of benzene rings is 2. The van der Waals surface area contributed by atoms with Crippen LogP contribution < -0.4 is 9.62 Å². The third kappa shape index (κ3) is 7.35. The molecule has 0 fully saturated rings. The number of carbonyl (C=O) groups excluding carboxylic acids is 2. The molecule has 10 heteroatoms. The zero-order valence-electron chi connectivity index (χ0n) is 19.1. The molecule has 0 bridgehead atoms. The van der Waals surface area contributed by atoms with Crippen molar-refractivity contribution in [1.82, 2.24) is 10.2 Å². The summed E-state index contributed by atoms with van der Waals surface area (Å²) in [5.41, 5.74) is 1.94. The zero-order chi connectivity index (χ0) is 24.8. The minimum atomic E-state index is -3.89. The standard InChI is InChI=1S/C23H29Cl2N3O4S/c1-5-20(23(30)26-6-2)27(14-17-9-7-8-16(3)12-17)22(29)15-28(33(4,31)32)21-13-18(24)10-11-19(21)25/h7-13,20H,5-6,14-15H2,1-4H3,(H,26,30)/t20-/m1/s1. The number of hydrogen-bond acceptors (Lipinski definition) is 4. The summed E-state index contributed by atoms with van der Waals surface area (Å²) in [6.45, 7) is 5.57. The van der Waals surface area contributed by atoms with Crippen molar-refractivity contribution in [3.8, 4) is 0 Å². The van der Waals surface area contributed by atoms with E-state index in [-0.39, 0.29) is 28.2 Å². The molecule has 0 aromatic heterocycles. The molecule has 1 N–H and O–H groups in total. The molecule has 1 atom stereocenters. The maximum atomic E-state index is 13.5. The molecule has 7 nitrogen and oxygen atoms in total. The molecular weight excluding hydrogens is 485 g/mol. The summed E-state index contributed by atoms with van der Waals surface area (Å²) in [4.78, 5) is 27.7. The highest BCUT2D eigenvalue weighted by Crippen LogP contribution is 2.31. The SMILES string of the molecule is CCNC(=O)[C@@H](CC)N(Cc1cccc(C)c1)C(=O)CN(c1cc(Cl)ccc1Cl)S(C)(=O)=O. The molecular formula is C23H29Cl2N3O4S. The summed E-state index contributed by atoms with van der Waals surface area (Å²) in [5, 5.41) is 3.17. The number of amides is 2. The van der Waals surface area contributed by atoms with E-state index in [4.69, 9.17) is 23.2 Å². The van der Waals surface area contributed by atoms with E-state index in [1.807, 2.05) is 31.2 Å². The van der Waals surface area contributed by atoms with Crippen LogP contribution in [0.2, 0.25) is 10.0 Å². The first-order valence-electron chi connectivity index (χ1n) is 10.5.